The molecule has 0 aliphatic carbocycles. The second-order valence-electron chi connectivity index (χ2n) is 7.45. The molecule has 0 aliphatic heterocycles. The van der Waals surface area contributed by atoms with Crippen LogP contribution in [0.2, 0.25) is 0 Å². The molecule has 0 aliphatic rings. The summed E-state index contributed by atoms with van der Waals surface area (Å²) < 4.78 is 48.4. The Morgan fingerprint density at radius 3 is 2.30 bits per heavy atom. The Bertz CT molecular complexity index is 850. The van der Waals surface area contributed by atoms with Crippen LogP contribution in [0.3, 0.4) is 0 Å². The number of unbranched alkanes of at least 4 members (excludes halogenated alkanes) is 2. The van der Waals surface area contributed by atoms with Gasteiger partial charge in [0.25, 0.3) is 10.1 Å². The van der Waals surface area contributed by atoms with E-state index < -0.39 is 10.1 Å². The van der Waals surface area contributed by atoms with E-state index in [0.29, 0.717) is 36.5 Å². The van der Waals surface area contributed by atoms with Crippen LogP contribution in [0.4, 0.5) is 0 Å². The molecule has 0 spiro atoms. The fourth-order valence-corrected chi connectivity index (χ4v) is 3.43. The van der Waals surface area contributed by atoms with Gasteiger partial charge in [-0.2, -0.15) is 8.42 Å². The van der Waals surface area contributed by atoms with Crippen molar-refractivity contribution in [2.75, 3.05) is 46.4 Å². The summed E-state index contributed by atoms with van der Waals surface area (Å²) in [5, 5.41) is 0. The molecule has 0 unspecified atom stereocenters. The number of rotatable bonds is 18. The molecule has 0 saturated heterocycles. The molecule has 0 heterocycles. The van der Waals surface area contributed by atoms with Crippen LogP contribution in [0.25, 0.3) is 0 Å². The number of carbonyl (C=O) groups excluding carboxylic acids is 2. The number of hydrogen-bond donors (Lipinski definition) is 0. The van der Waals surface area contributed by atoms with Crippen LogP contribution in [0.1, 0.15) is 61.9 Å². The molecule has 0 aromatic heterocycles. The Balaban J connectivity index is 2.69. The first-order chi connectivity index (χ1) is 15.7. The van der Waals surface area contributed by atoms with Crippen molar-refractivity contribution < 1.29 is 41.1 Å². The molecule has 10 heteroatoms. The van der Waals surface area contributed by atoms with Crippen LogP contribution in [-0.2, 0) is 35.0 Å². The summed E-state index contributed by atoms with van der Waals surface area (Å²) in [6.45, 7) is 4.44. The van der Waals surface area contributed by atoms with Gasteiger partial charge in [0.15, 0.2) is 5.78 Å². The molecule has 0 fully saturated rings. The molecule has 0 radical (unpaired) electrons. The molecule has 0 saturated carbocycles. The first-order valence-corrected chi connectivity index (χ1v) is 12.9. The standard InChI is InChI=1S/C23H36O9S/c1-5-9-20-21(30-13-8-6-7-10-22(25)28-3)12-11-19(18(2)24)23(20)31-16-14-29-15-17-32-33(4,26)27/h11-12H,5-10,13-17H2,1-4H3. The summed E-state index contributed by atoms with van der Waals surface area (Å²) in [6.07, 6.45) is 5.26. The predicted octanol–water partition coefficient (Wildman–Crippen LogP) is 3.33. The molecule has 1 aromatic carbocycles. The number of methoxy groups -OCH3 is 1. The lowest BCUT2D eigenvalue weighted by Gasteiger charge is -2.19. The maximum absolute atomic E-state index is 12.2. The maximum Gasteiger partial charge on any atom is 0.305 e. The number of benzene rings is 1. The van der Waals surface area contributed by atoms with Crippen molar-refractivity contribution in [3.8, 4) is 11.5 Å². The summed E-state index contributed by atoms with van der Waals surface area (Å²) >= 11 is 0. The number of Topliss-reactive ketones (excluding diaryl/α,β-unsaturated/α-hetero) is 1. The largest absolute Gasteiger partial charge is 0.493 e. The van der Waals surface area contributed by atoms with E-state index >= 15 is 0 Å². The van der Waals surface area contributed by atoms with E-state index in [1.54, 1.807) is 12.1 Å². The van der Waals surface area contributed by atoms with E-state index in [-0.39, 0.29) is 38.2 Å². The van der Waals surface area contributed by atoms with E-state index in [0.717, 1.165) is 37.5 Å². The van der Waals surface area contributed by atoms with Crippen molar-refractivity contribution in [1.29, 1.82) is 0 Å². The van der Waals surface area contributed by atoms with Gasteiger partial charge < -0.3 is 18.9 Å². The Morgan fingerprint density at radius 1 is 0.939 bits per heavy atom. The van der Waals surface area contributed by atoms with Gasteiger partial charge in [-0.1, -0.05) is 13.3 Å². The molecular weight excluding hydrogens is 452 g/mol. The van der Waals surface area contributed by atoms with Crippen LogP contribution < -0.4 is 9.47 Å². The van der Waals surface area contributed by atoms with Crippen molar-refractivity contribution in [1.82, 2.24) is 0 Å². The van der Waals surface area contributed by atoms with Gasteiger partial charge in [0.2, 0.25) is 0 Å². The van der Waals surface area contributed by atoms with Gasteiger partial charge in [0, 0.05) is 12.0 Å². The Kier molecular flexibility index (Phi) is 13.7. The van der Waals surface area contributed by atoms with Gasteiger partial charge in [-0.15, -0.1) is 0 Å². The molecule has 33 heavy (non-hydrogen) atoms. The van der Waals surface area contributed by atoms with E-state index in [9.17, 15) is 18.0 Å². The van der Waals surface area contributed by atoms with Gasteiger partial charge in [-0.3, -0.25) is 13.8 Å². The zero-order valence-corrected chi connectivity index (χ0v) is 20.8. The zero-order valence-electron chi connectivity index (χ0n) is 20.0. The van der Waals surface area contributed by atoms with Crippen molar-refractivity contribution >= 4 is 21.9 Å². The Labute approximate surface area is 196 Å². The Morgan fingerprint density at radius 2 is 1.67 bits per heavy atom. The average Bonchev–Trinajstić information content (AvgIpc) is 2.75. The summed E-state index contributed by atoms with van der Waals surface area (Å²) in [7, 11) is -2.11. The highest BCUT2D eigenvalue weighted by molar-refractivity contribution is 7.85. The van der Waals surface area contributed by atoms with E-state index in [1.165, 1.54) is 14.0 Å². The number of carbonyl (C=O) groups is 2. The second-order valence-corrected chi connectivity index (χ2v) is 9.09. The second kappa shape index (κ2) is 15.6. The summed E-state index contributed by atoms with van der Waals surface area (Å²) in [5.74, 6) is 0.838. The number of ether oxygens (including phenoxy) is 4. The minimum Gasteiger partial charge on any atom is -0.493 e. The normalized spacial score (nSPS) is 11.3. The van der Waals surface area contributed by atoms with Crippen molar-refractivity contribution in [2.45, 2.75) is 52.4 Å². The highest BCUT2D eigenvalue weighted by Crippen LogP contribution is 2.34. The summed E-state index contributed by atoms with van der Waals surface area (Å²) in [4.78, 5) is 23.3. The SMILES string of the molecule is CCCc1c(OCCCCCC(=O)OC)ccc(C(C)=O)c1OCCOCCOS(C)(=O)=O. The lowest BCUT2D eigenvalue weighted by Crippen LogP contribution is -2.15. The molecule has 9 nitrogen and oxygen atoms in total. The predicted molar refractivity (Wildman–Crippen MR) is 124 cm³/mol. The van der Waals surface area contributed by atoms with E-state index in [2.05, 4.69) is 8.92 Å². The third-order valence-electron chi connectivity index (χ3n) is 4.61. The first kappa shape index (κ1) is 28.9. The molecule has 0 bridgehead atoms. The van der Waals surface area contributed by atoms with Crippen molar-refractivity contribution in [2.24, 2.45) is 0 Å². The zero-order chi connectivity index (χ0) is 24.7. The van der Waals surface area contributed by atoms with Crippen molar-refractivity contribution in [3.63, 3.8) is 0 Å². The highest BCUT2D eigenvalue weighted by Gasteiger charge is 2.18. The lowest BCUT2D eigenvalue weighted by molar-refractivity contribution is -0.140. The summed E-state index contributed by atoms with van der Waals surface area (Å²) in [5.41, 5.74) is 1.31. The number of hydrogen-bond acceptors (Lipinski definition) is 9. The fraction of sp³-hybridized carbons (Fsp3) is 0.652. The molecule has 1 rings (SSSR count). The van der Waals surface area contributed by atoms with Crippen molar-refractivity contribution in [3.05, 3.63) is 23.3 Å². The van der Waals surface area contributed by atoms with E-state index in [1.807, 2.05) is 6.92 Å². The number of esters is 1. The average molecular weight is 489 g/mol. The van der Waals surface area contributed by atoms with Crippen LogP contribution in [0, 0.1) is 0 Å². The van der Waals surface area contributed by atoms with Crippen LogP contribution in [0.15, 0.2) is 12.1 Å². The van der Waals surface area contributed by atoms with Crippen LogP contribution in [0.5, 0.6) is 11.5 Å². The maximum atomic E-state index is 12.2. The third-order valence-corrected chi connectivity index (χ3v) is 5.20. The highest BCUT2D eigenvalue weighted by atomic mass is 32.2. The van der Waals surface area contributed by atoms with Gasteiger partial charge >= 0.3 is 5.97 Å². The van der Waals surface area contributed by atoms with Gasteiger partial charge in [0.05, 0.1) is 45.4 Å². The van der Waals surface area contributed by atoms with E-state index in [4.69, 9.17) is 14.2 Å². The Hall–Kier alpha value is -2.17. The smallest absolute Gasteiger partial charge is 0.305 e. The van der Waals surface area contributed by atoms with Crippen LogP contribution >= 0.6 is 0 Å². The molecule has 0 atom stereocenters. The minimum absolute atomic E-state index is 0.0679. The van der Waals surface area contributed by atoms with Crippen LogP contribution in [-0.4, -0.2) is 66.6 Å². The molecule has 0 N–H and O–H groups in total. The third kappa shape index (κ3) is 12.0. The van der Waals surface area contributed by atoms with Gasteiger partial charge in [0.1, 0.15) is 18.1 Å². The van der Waals surface area contributed by atoms with Gasteiger partial charge in [-0.25, -0.2) is 0 Å². The topological polar surface area (TPSA) is 114 Å². The molecule has 1 aromatic rings. The van der Waals surface area contributed by atoms with Gasteiger partial charge in [-0.05, 0) is 44.7 Å². The number of ketones is 1. The quantitative estimate of drug-likeness (QED) is 0.133. The molecule has 188 valence electrons. The fourth-order valence-electron chi connectivity index (χ4n) is 3.06. The lowest BCUT2D eigenvalue weighted by atomic mass is 10.0. The first-order valence-electron chi connectivity index (χ1n) is 11.1. The molecular formula is C23H36O9S. The monoisotopic (exact) mass is 488 g/mol. The molecule has 0 amide bonds. The summed E-state index contributed by atoms with van der Waals surface area (Å²) in [6, 6.07) is 3.49. The minimum atomic E-state index is -3.49.